The Labute approximate surface area is 112 Å². The zero-order valence-corrected chi connectivity index (χ0v) is 11.2. The van der Waals surface area contributed by atoms with Crippen molar-refractivity contribution < 1.29 is 13.9 Å². The van der Waals surface area contributed by atoms with Crippen LogP contribution < -0.4 is 5.32 Å². The van der Waals surface area contributed by atoms with Gasteiger partial charge in [-0.25, -0.2) is 4.98 Å². The summed E-state index contributed by atoms with van der Waals surface area (Å²) in [4.78, 5) is 4.32. The number of furan rings is 1. The van der Waals surface area contributed by atoms with Gasteiger partial charge in [-0.3, -0.25) is 0 Å². The lowest BCUT2D eigenvalue weighted by atomic mass is 10.3. The summed E-state index contributed by atoms with van der Waals surface area (Å²) in [6.45, 7) is 2.98. The van der Waals surface area contributed by atoms with Gasteiger partial charge in [0.1, 0.15) is 11.4 Å². The largest absolute Gasteiger partial charge is 0.464 e. The SMILES string of the molecule is COCCOCCCCNc1nccc2occc12. The normalized spacial score (nSPS) is 11.0. The maximum atomic E-state index is 5.40. The van der Waals surface area contributed by atoms with E-state index >= 15 is 0 Å². The number of hydrogen-bond acceptors (Lipinski definition) is 5. The summed E-state index contributed by atoms with van der Waals surface area (Å²) in [7, 11) is 1.68. The topological polar surface area (TPSA) is 56.5 Å². The monoisotopic (exact) mass is 264 g/mol. The van der Waals surface area contributed by atoms with Gasteiger partial charge >= 0.3 is 0 Å². The van der Waals surface area contributed by atoms with Crippen molar-refractivity contribution in [3.8, 4) is 0 Å². The Bertz CT molecular complexity index is 484. The molecule has 0 aromatic carbocycles. The van der Waals surface area contributed by atoms with Gasteiger partial charge in [0.05, 0.1) is 24.9 Å². The molecule has 0 unspecified atom stereocenters. The van der Waals surface area contributed by atoms with E-state index in [0.717, 1.165) is 42.8 Å². The molecule has 2 heterocycles. The Morgan fingerprint density at radius 1 is 1.21 bits per heavy atom. The van der Waals surface area contributed by atoms with E-state index in [1.807, 2.05) is 12.1 Å². The number of aromatic nitrogens is 1. The fourth-order valence-corrected chi connectivity index (χ4v) is 1.82. The quantitative estimate of drug-likeness (QED) is 0.706. The molecule has 0 aliphatic rings. The summed E-state index contributed by atoms with van der Waals surface area (Å²) in [5.74, 6) is 0.881. The molecule has 0 spiro atoms. The first kappa shape index (κ1) is 13.8. The summed E-state index contributed by atoms with van der Waals surface area (Å²) < 4.78 is 15.6. The van der Waals surface area contributed by atoms with Gasteiger partial charge in [0.15, 0.2) is 0 Å². The zero-order chi connectivity index (χ0) is 13.3. The molecule has 0 bridgehead atoms. The van der Waals surface area contributed by atoms with E-state index in [1.54, 1.807) is 19.6 Å². The minimum Gasteiger partial charge on any atom is -0.464 e. The molecule has 0 aliphatic carbocycles. The number of anilines is 1. The summed E-state index contributed by atoms with van der Waals surface area (Å²) in [5.41, 5.74) is 0.861. The van der Waals surface area contributed by atoms with Crippen LogP contribution in [0.4, 0.5) is 5.82 Å². The standard InChI is InChI=1S/C14H20N2O3/c1-17-10-11-18-8-3-2-6-15-14-12-5-9-19-13(12)4-7-16-14/h4-5,7,9H,2-3,6,8,10-11H2,1H3,(H,15,16). The molecule has 5 nitrogen and oxygen atoms in total. The Kier molecular flexibility index (Phi) is 5.65. The van der Waals surface area contributed by atoms with Gasteiger partial charge in [-0.2, -0.15) is 0 Å². The highest BCUT2D eigenvalue weighted by molar-refractivity contribution is 5.87. The molecule has 19 heavy (non-hydrogen) atoms. The Morgan fingerprint density at radius 2 is 2.16 bits per heavy atom. The summed E-state index contributed by atoms with van der Waals surface area (Å²) in [5, 5.41) is 4.35. The van der Waals surface area contributed by atoms with Crippen molar-refractivity contribution in [2.75, 3.05) is 38.8 Å². The van der Waals surface area contributed by atoms with Crippen LogP contribution in [0.25, 0.3) is 11.0 Å². The molecular weight excluding hydrogens is 244 g/mol. The first-order chi connectivity index (χ1) is 9.42. The predicted molar refractivity (Wildman–Crippen MR) is 74.4 cm³/mol. The van der Waals surface area contributed by atoms with Crippen LogP contribution >= 0.6 is 0 Å². The maximum Gasteiger partial charge on any atom is 0.139 e. The number of nitrogens with zero attached hydrogens (tertiary/aromatic N) is 1. The van der Waals surface area contributed by atoms with Crippen LogP contribution in [0.5, 0.6) is 0 Å². The average Bonchev–Trinajstić information content (AvgIpc) is 2.91. The predicted octanol–water partition coefficient (Wildman–Crippen LogP) is 2.68. The molecule has 0 aliphatic heterocycles. The van der Waals surface area contributed by atoms with Crippen LogP contribution in [0.3, 0.4) is 0 Å². The van der Waals surface area contributed by atoms with Crippen molar-refractivity contribution in [1.29, 1.82) is 0 Å². The van der Waals surface area contributed by atoms with Crippen LogP contribution in [-0.2, 0) is 9.47 Å². The van der Waals surface area contributed by atoms with Crippen LogP contribution in [0.1, 0.15) is 12.8 Å². The second kappa shape index (κ2) is 7.76. The fraction of sp³-hybridized carbons (Fsp3) is 0.500. The van der Waals surface area contributed by atoms with E-state index in [9.17, 15) is 0 Å². The maximum absolute atomic E-state index is 5.40. The highest BCUT2D eigenvalue weighted by Gasteiger charge is 2.03. The van der Waals surface area contributed by atoms with Gasteiger partial charge in [0.2, 0.25) is 0 Å². The fourth-order valence-electron chi connectivity index (χ4n) is 1.82. The van der Waals surface area contributed by atoms with Crippen molar-refractivity contribution >= 4 is 16.8 Å². The molecule has 0 radical (unpaired) electrons. The Hall–Kier alpha value is -1.59. The molecule has 0 atom stereocenters. The van der Waals surface area contributed by atoms with Crippen LogP contribution in [0, 0.1) is 0 Å². The van der Waals surface area contributed by atoms with E-state index < -0.39 is 0 Å². The summed E-state index contributed by atoms with van der Waals surface area (Å²) in [6, 6.07) is 3.79. The Morgan fingerprint density at radius 3 is 3.05 bits per heavy atom. The zero-order valence-electron chi connectivity index (χ0n) is 11.2. The van der Waals surface area contributed by atoms with Crippen molar-refractivity contribution in [1.82, 2.24) is 4.98 Å². The second-order valence-electron chi connectivity index (χ2n) is 4.23. The lowest BCUT2D eigenvalue weighted by Crippen LogP contribution is -2.07. The average molecular weight is 264 g/mol. The first-order valence-corrected chi connectivity index (χ1v) is 6.54. The molecule has 104 valence electrons. The van der Waals surface area contributed by atoms with Gasteiger partial charge in [0, 0.05) is 26.5 Å². The molecular formula is C14H20N2O3. The number of nitrogens with one attached hydrogen (secondary N) is 1. The molecule has 0 fully saturated rings. The number of hydrogen-bond donors (Lipinski definition) is 1. The summed E-state index contributed by atoms with van der Waals surface area (Å²) in [6.07, 6.45) is 5.50. The summed E-state index contributed by atoms with van der Waals surface area (Å²) >= 11 is 0. The van der Waals surface area contributed by atoms with E-state index in [1.165, 1.54) is 0 Å². The number of unbranched alkanes of at least 4 members (excludes halogenated alkanes) is 1. The van der Waals surface area contributed by atoms with Gasteiger partial charge in [-0.15, -0.1) is 0 Å². The van der Waals surface area contributed by atoms with Crippen molar-refractivity contribution in [3.05, 3.63) is 24.6 Å². The lowest BCUT2D eigenvalue weighted by molar-refractivity contribution is 0.0691. The molecule has 5 heteroatoms. The van der Waals surface area contributed by atoms with Crippen molar-refractivity contribution in [3.63, 3.8) is 0 Å². The molecule has 1 N–H and O–H groups in total. The number of ether oxygens (including phenoxy) is 2. The molecule has 0 amide bonds. The van der Waals surface area contributed by atoms with Gasteiger partial charge in [-0.1, -0.05) is 0 Å². The van der Waals surface area contributed by atoms with Gasteiger partial charge < -0.3 is 19.2 Å². The molecule has 2 aromatic rings. The number of fused-ring (bicyclic) bond motifs is 1. The van der Waals surface area contributed by atoms with Crippen molar-refractivity contribution in [2.45, 2.75) is 12.8 Å². The van der Waals surface area contributed by atoms with Crippen LogP contribution in [0.15, 0.2) is 29.0 Å². The minimum atomic E-state index is 0.657. The highest BCUT2D eigenvalue weighted by atomic mass is 16.5. The van der Waals surface area contributed by atoms with Crippen LogP contribution in [-0.4, -0.2) is 38.5 Å². The van der Waals surface area contributed by atoms with Crippen molar-refractivity contribution in [2.24, 2.45) is 0 Å². The number of rotatable bonds is 9. The molecule has 0 saturated carbocycles. The van der Waals surface area contributed by atoms with Gasteiger partial charge in [-0.05, 0) is 25.0 Å². The van der Waals surface area contributed by atoms with Crippen LogP contribution in [0.2, 0.25) is 0 Å². The minimum absolute atomic E-state index is 0.657. The lowest BCUT2D eigenvalue weighted by Gasteiger charge is -2.06. The van der Waals surface area contributed by atoms with E-state index in [-0.39, 0.29) is 0 Å². The smallest absolute Gasteiger partial charge is 0.139 e. The first-order valence-electron chi connectivity index (χ1n) is 6.54. The van der Waals surface area contributed by atoms with E-state index in [2.05, 4.69) is 10.3 Å². The van der Waals surface area contributed by atoms with E-state index in [4.69, 9.17) is 13.9 Å². The molecule has 2 rings (SSSR count). The number of methoxy groups -OCH3 is 1. The second-order valence-corrected chi connectivity index (χ2v) is 4.23. The highest BCUT2D eigenvalue weighted by Crippen LogP contribution is 2.21. The molecule has 0 saturated heterocycles. The Balaban J connectivity index is 1.64. The number of pyridine rings is 1. The molecule has 2 aromatic heterocycles. The third kappa shape index (κ3) is 4.22. The van der Waals surface area contributed by atoms with E-state index in [0.29, 0.717) is 13.2 Å². The third-order valence-corrected chi connectivity index (χ3v) is 2.82. The van der Waals surface area contributed by atoms with Gasteiger partial charge in [0.25, 0.3) is 0 Å². The third-order valence-electron chi connectivity index (χ3n) is 2.82.